The minimum atomic E-state index is -1.61. The van der Waals surface area contributed by atoms with Gasteiger partial charge in [-0.25, -0.2) is 4.68 Å². The highest BCUT2D eigenvalue weighted by Gasteiger charge is 2.53. The Morgan fingerprint density at radius 1 is 1.29 bits per heavy atom. The first kappa shape index (κ1) is 18.5. The number of rotatable bonds is 3. The summed E-state index contributed by atoms with van der Waals surface area (Å²) < 4.78 is 7.10. The molecular formula is C18H24ClN5O4. The van der Waals surface area contributed by atoms with Crippen LogP contribution >= 0.6 is 11.6 Å². The number of aromatic nitrogens is 4. The van der Waals surface area contributed by atoms with Crippen LogP contribution in [0.3, 0.4) is 0 Å². The number of aliphatic hydroxyl groups excluding tert-OH is 2. The molecule has 9 nitrogen and oxygen atoms in total. The van der Waals surface area contributed by atoms with Crippen molar-refractivity contribution in [3.05, 3.63) is 11.5 Å². The minimum absolute atomic E-state index is 0.0965. The maximum absolute atomic E-state index is 10.6. The lowest BCUT2D eigenvalue weighted by Gasteiger charge is -2.25. The fourth-order valence-corrected chi connectivity index (χ4v) is 5.16. The lowest BCUT2D eigenvalue weighted by atomic mass is 9.95. The van der Waals surface area contributed by atoms with Crippen LogP contribution in [0.4, 0.5) is 5.82 Å². The van der Waals surface area contributed by atoms with Gasteiger partial charge in [-0.2, -0.15) is 15.1 Å². The van der Waals surface area contributed by atoms with E-state index in [1.54, 1.807) is 6.20 Å². The first-order valence-corrected chi connectivity index (χ1v) is 10.1. The number of aliphatic hydroxyl groups is 3. The molecule has 0 spiro atoms. The van der Waals surface area contributed by atoms with Crippen molar-refractivity contribution in [1.29, 1.82) is 0 Å². The molecule has 3 fully saturated rings. The van der Waals surface area contributed by atoms with E-state index < -0.39 is 30.6 Å². The monoisotopic (exact) mass is 409 g/mol. The Morgan fingerprint density at radius 3 is 2.64 bits per heavy atom. The van der Waals surface area contributed by atoms with E-state index in [1.807, 2.05) is 0 Å². The van der Waals surface area contributed by atoms with E-state index in [1.165, 1.54) is 30.9 Å². The van der Waals surface area contributed by atoms with Gasteiger partial charge in [0.1, 0.15) is 23.6 Å². The molecule has 3 N–H and O–H groups in total. The van der Waals surface area contributed by atoms with Crippen LogP contribution < -0.4 is 4.90 Å². The van der Waals surface area contributed by atoms with E-state index in [4.69, 9.17) is 16.3 Å². The van der Waals surface area contributed by atoms with Crippen LogP contribution in [0.25, 0.3) is 11.0 Å². The molecule has 0 amide bonds. The topological polar surface area (TPSA) is 117 Å². The van der Waals surface area contributed by atoms with Gasteiger partial charge in [0.2, 0.25) is 5.28 Å². The summed E-state index contributed by atoms with van der Waals surface area (Å²) in [5, 5.41) is 35.7. The fraction of sp³-hybridized carbons (Fsp3) is 0.722. The lowest BCUT2D eigenvalue weighted by molar-refractivity contribution is -0.0808. The summed E-state index contributed by atoms with van der Waals surface area (Å²) in [6, 6.07) is 0. The van der Waals surface area contributed by atoms with Crippen LogP contribution in [0.2, 0.25) is 5.28 Å². The van der Waals surface area contributed by atoms with Crippen molar-refractivity contribution in [3.63, 3.8) is 0 Å². The second kappa shape index (κ2) is 6.50. The third-order valence-electron chi connectivity index (χ3n) is 6.66. The van der Waals surface area contributed by atoms with Crippen molar-refractivity contribution < 1.29 is 20.1 Å². The molecule has 3 aliphatic rings. The highest BCUT2D eigenvalue weighted by atomic mass is 35.5. The number of ether oxygens (including phenoxy) is 1. The van der Waals surface area contributed by atoms with Crippen LogP contribution in [0, 0.1) is 11.8 Å². The molecule has 0 bridgehead atoms. The van der Waals surface area contributed by atoms with Gasteiger partial charge in [0.15, 0.2) is 11.9 Å². The summed E-state index contributed by atoms with van der Waals surface area (Å²) >= 11 is 6.22. The molecule has 5 rings (SSSR count). The average Bonchev–Trinajstić information content (AvgIpc) is 3.38. The molecule has 0 aromatic carbocycles. The summed E-state index contributed by atoms with van der Waals surface area (Å²) in [7, 11) is 0. The smallest absolute Gasteiger partial charge is 0.226 e. The molecule has 2 aromatic heterocycles. The quantitative estimate of drug-likeness (QED) is 0.635. The molecule has 2 saturated heterocycles. The van der Waals surface area contributed by atoms with Crippen LogP contribution in [-0.2, 0) is 4.74 Å². The van der Waals surface area contributed by atoms with Gasteiger partial charge < -0.3 is 25.0 Å². The molecule has 1 saturated carbocycles. The Morgan fingerprint density at radius 2 is 2.00 bits per heavy atom. The zero-order valence-electron chi connectivity index (χ0n) is 15.6. The summed E-state index contributed by atoms with van der Waals surface area (Å²) in [6.07, 6.45) is 2.25. The van der Waals surface area contributed by atoms with E-state index in [2.05, 4.69) is 20.0 Å². The predicted molar refractivity (Wildman–Crippen MR) is 101 cm³/mol. The van der Waals surface area contributed by atoms with Crippen LogP contribution in [0.15, 0.2) is 6.20 Å². The fourth-order valence-electron chi connectivity index (χ4n) is 5.00. The third kappa shape index (κ3) is 2.64. The molecule has 10 heteroatoms. The summed E-state index contributed by atoms with van der Waals surface area (Å²) in [4.78, 5) is 11.0. The second-order valence-corrected chi connectivity index (χ2v) is 8.71. The second-order valence-electron chi connectivity index (χ2n) is 8.37. The summed E-state index contributed by atoms with van der Waals surface area (Å²) in [5.74, 6) is 2.13. The molecule has 1 aliphatic carbocycles. The van der Waals surface area contributed by atoms with Crippen LogP contribution in [0.5, 0.6) is 0 Å². The molecule has 2 aromatic rings. The standard InChI is InChI=1S/C18H24ClN5O4/c1-18(27)12(8-25)28-16(13(18)26)24-15-11(5-20-24)14(21-17(19)22-15)23-6-9-3-2-4-10(9)7-23/h5,9-10,12-13,16,25-27H,2-4,6-8H2,1H3/t9-,10+,12-,13+,16-,18-/m1/s1. The molecule has 28 heavy (non-hydrogen) atoms. The Kier molecular flexibility index (Phi) is 4.29. The Balaban J connectivity index is 1.54. The number of anilines is 1. The zero-order valence-corrected chi connectivity index (χ0v) is 16.3. The van der Waals surface area contributed by atoms with Crippen molar-refractivity contribution in [2.45, 2.75) is 50.2 Å². The van der Waals surface area contributed by atoms with E-state index >= 15 is 0 Å². The Bertz CT molecular complexity index is 893. The molecule has 152 valence electrons. The van der Waals surface area contributed by atoms with Gasteiger partial charge in [-0.1, -0.05) is 6.42 Å². The van der Waals surface area contributed by atoms with Gasteiger partial charge in [0.05, 0.1) is 18.2 Å². The molecule has 0 unspecified atom stereocenters. The van der Waals surface area contributed by atoms with Gasteiger partial charge in [-0.15, -0.1) is 0 Å². The van der Waals surface area contributed by atoms with Gasteiger partial charge in [-0.05, 0) is 43.2 Å². The van der Waals surface area contributed by atoms with E-state index in [0.717, 1.165) is 24.3 Å². The van der Waals surface area contributed by atoms with Crippen molar-refractivity contribution >= 4 is 28.5 Å². The van der Waals surface area contributed by atoms with Crippen molar-refractivity contribution in [3.8, 4) is 0 Å². The molecule has 4 heterocycles. The van der Waals surface area contributed by atoms with Gasteiger partial charge in [0, 0.05) is 13.1 Å². The highest BCUT2D eigenvalue weighted by molar-refractivity contribution is 6.28. The van der Waals surface area contributed by atoms with Crippen LogP contribution in [0.1, 0.15) is 32.4 Å². The maximum atomic E-state index is 10.6. The van der Waals surface area contributed by atoms with Crippen molar-refractivity contribution in [2.24, 2.45) is 11.8 Å². The number of fused-ring (bicyclic) bond motifs is 2. The lowest BCUT2D eigenvalue weighted by Crippen LogP contribution is -2.46. The zero-order chi connectivity index (χ0) is 19.6. The average molecular weight is 410 g/mol. The van der Waals surface area contributed by atoms with Gasteiger partial charge in [-0.3, -0.25) is 0 Å². The third-order valence-corrected chi connectivity index (χ3v) is 6.83. The molecular weight excluding hydrogens is 386 g/mol. The van der Waals surface area contributed by atoms with Crippen LogP contribution in [-0.4, -0.2) is 72.6 Å². The summed E-state index contributed by atoms with van der Waals surface area (Å²) in [6.45, 7) is 2.90. The van der Waals surface area contributed by atoms with Gasteiger partial charge >= 0.3 is 0 Å². The number of halogens is 1. The predicted octanol–water partition coefficient (Wildman–Crippen LogP) is 0.718. The normalized spacial score (nSPS) is 37.9. The van der Waals surface area contributed by atoms with E-state index in [0.29, 0.717) is 17.5 Å². The minimum Gasteiger partial charge on any atom is -0.394 e. The Labute approximate surface area is 166 Å². The molecule has 6 atom stereocenters. The van der Waals surface area contributed by atoms with E-state index in [9.17, 15) is 15.3 Å². The maximum Gasteiger partial charge on any atom is 0.226 e. The number of hydrogen-bond acceptors (Lipinski definition) is 8. The first-order chi connectivity index (χ1) is 13.4. The summed E-state index contributed by atoms with van der Waals surface area (Å²) in [5.41, 5.74) is -1.17. The number of nitrogens with zero attached hydrogens (tertiary/aromatic N) is 5. The number of hydrogen-bond donors (Lipinski definition) is 3. The first-order valence-electron chi connectivity index (χ1n) is 9.72. The SMILES string of the molecule is C[C@@]1(O)[C@@H](CO)O[C@@H](n2ncc3c(N4C[C@H]5CCC[C@H]5C4)nc(Cl)nc32)[C@@H]1O. The largest absolute Gasteiger partial charge is 0.394 e. The molecule has 2 aliphatic heterocycles. The Hall–Kier alpha value is -1.52. The van der Waals surface area contributed by atoms with E-state index in [-0.39, 0.29) is 5.28 Å². The highest BCUT2D eigenvalue weighted by Crippen LogP contribution is 2.42. The van der Waals surface area contributed by atoms with Crippen molar-refractivity contribution in [2.75, 3.05) is 24.6 Å². The van der Waals surface area contributed by atoms with Gasteiger partial charge in [0.25, 0.3) is 0 Å². The van der Waals surface area contributed by atoms with Crippen molar-refractivity contribution in [1.82, 2.24) is 19.7 Å². The molecule has 0 radical (unpaired) electrons.